The zero-order chi connectivity index (χ0) is 63.5. The Kier molecular flexibility index (Phi) is 25.0. The molecule has 3 amide bonds. The second-order valence-corrected chi connectivity index (χ2v) is 21.8. The number of hydrogen-bond acceptors (Lipinski definition) is 35. The van der Waals surface area contributed by atoms with E-state index in [1.807, 2.05) is 0 Å². The van der Waals surface area contributed by atoms with Gasteiger partial charge in [0.25, 0.3) is 0 Å². The van der Waals surface area contributed by atoms with Crippen LogP contribution < -0.4 is 16.0 Å². The Bertz CT molecular complexity index is 2170. The van der Waals surface area contributed by atoms with Gasteiger partial charge in [-0.25, -0.2) is 0 Å². The Morgan fingerprint density at radius 1 is 0.326 bits per heavy atom. The van der Waals surface area contributed by atoms with E-state index in [0.29, 0.717) is 0 Å². The third kappa shape index (κ3) is 15.4. The average molecular weight is 1260 g/mol. The quantitative estimate of drug-likeness (QED) is 0.0507. The SMILES string of the molecule is CC(=O)N[C@@H]1[C@@H](O[C@@H]2O[C@H](CO)[C@H](O)[C@H](O[C@@H]3O[C@H](CO)[C@@H](O[C@@H]4O[C@H](CO)[C@H](O)[C@H](O)[C@H]4O)[C@H](O)[C@H]3NC(C)=O)[C@H]2O)[C@@H](O)[C@@H](CO[C@@H]2O[C@H](CO)[C@@H](O[C@@H]3O[C@H](CO)[C@H](O)[C@H](O)[C@H]3O[C@@H]3O[C@@H](C)[C@@H](O)[C@@H](O)[C@@H]3O)[C@H](O)[C@H]2NC(C)=O)O[C@H]1O. The lowest BCUT2D eigenvalue weighted by Gasteiger charge is -2.50. The smallest absolute Gasteiger partial charge is 0.217 e. The van der Waals surface area contributed by atoms with Crippen molar-refractivity contribution in [2.75, 3.05) is 39.6 Å². The number of carbonyl (C=O) groups is 3. The highest BCUT2D eigenvalue weighted by atomic mass is 16.8. The lowest BCUT2D eigenvalue weighted by atomic mass is 9.94. The summed E-state index contributed by atoms with van der Waals surface area (Å²) in [5.41, 5.74) is 0. The zero-order valence-electron chi connectivity index (χ0n) is 46.5. The van der Waals surface area contributed by atoms with Gasteiger partial charge in [0.1, 0.15) is 165 Å². The summed E-state index contributed by atoms with van der Waals surface area (Å²) in [5.74, 6) is -2.52. The molecule has 35 atom stereocenters. The van der Waals surface area contributed by atoms with Crippen LogP contribution in [0.15, 0.2) is 0 Å². The first-order valence-corrected chi connectivity index (χ1v) is 27.5. The highest BCUT2D eigenvalue weighted by Gasteiger charge is 2.58. The van der Waals surface area contributed by atoms with Crippen molar-refractivity contribution in [3.8, 4) is 0 Å². The zero-order valence-corrected chi connectivity index (χ0v) is 46.5. The van der Waals surface area contributed by atoms with Crippen molar-refractivity contribution >= 4 is 17.7 Å². The minimum atomic E-state index is -2.26. The van der Waals surface area contributed by atoms with E-state index >= 15 is 0 Å². The molecular formula is C48H81N3O35. The molecule has 7 aliphatic rings. The van der Waals surface area contributed by atoms with Crippen molar-refractivity contribution in [1.29, 1.82) is 0 Å². The molecule has 0 bridgehead atoms. The minimum absolute atomic E-state index is 0.828. The number of aliphatic hydroxyl groups excluding tert-OH is 19. The largest absolute Gasteiger partial charge is 0.394 e. The van der Waals surface area contributed by atoms with Gasteiger partial charge in [0.05, 0.1) is 45.7 Å². The van der Waals surface area contributed by atoms with Crippen molar-refractivity contribution in [2.45, 2.75) is 242 Å². The summed E-state index contributed by atoms with van der Waals surface area (Å²) in [4.78, 5) is 37.8. The molecular weight excluding hydrogens is 1180 g/mol. The van der Waals surface area contributed by atoms with Crippen LogP contribution in [-0.2, 0) is 76.0 Å². The van der Waals surface area contributed by atoms with Crippen LogP contribution in [0.2, 0.25) is 0 Å². The van der Waals surface area contributed by atoms with E-state index in [1.54, 1.807) is 0 Å². The standard InChI is InChI=1S/C48H81N3O35/c1-11-24(60)31(67)34(70)45(75-11)86-41-33(69)26(62)16(6-53)79-48(41)83-38-18(8-55)80-43(21(29(38)65)49-12(2)57)74-10-20-28(64)39(23(42(73)76-20)51-14(4)59)84-47-36(72)40(27(63)17(7-54)78-47)85-44-22(50-13(3)58)30(66)37(19(9-56)81-44)82-46-35(71)32(68)25(61)15(5-52)77-46/h11,15-48,52-56,60-73H,5-10H2,1-4H3,(H,49,57)(H,50,58)(H,51,59)/t11-,15+,16+,17+,18+,19+,20+,21+,22+,23+,24+,25-,26-,27-,28-,29+,30+,31+,32-,33-,34-,35+,36+,37+,38+,39+,40-,41+,42+,43+,44-,45-,46-,47-,48-/m0/s1. The molecule has 0 spiro atoms. The van der Waals surface area contributed by atoms with Crippen LogP contribution in [0.1, 0.15) is 27.7 Å². The van der Waals surface area contributed by atoms with Gasteiger partial charge in [-0.05, 0) is 6.92 Å². The maximum absolute atomic E-state index is 12.7. The molecule has 0 aromatic heterocycles. The Balaban J connectivity index is 1.08. The van der Waals surface area contributed by atoms with Crippen molar-refractivity contribution in [3.63, 3.8) is 0 Å². The van der Waals surface area contributed by atoms with Gasteiger partial charge in [0, 0.05) is 20.8 Å². The minimum Gasteiger partial charge on any atom is -0.394 e. The van der Waals surface area contributed by atoms with E-state index in [-0.39, 0.29) is 0 Å². The fraction of sp³-hybridized carbons (Fsp3) is 0.938. The molecule has 86 heavy (non-hydrogen) atoms. The predicted molar refractivity (Wildman–Crippen MR) is 265 cm³/mol. The van der Waals surface area contributed by atoms with Crippen molar-refractivity contribution < 1.29 is 173 Å². The number of ether oxygens (including phenoxy) is 13. The van der Waals surface area contributed by atoms with E-state index in [0.717, 1.165) is 20.8 Å². The van der Waals surface area contributed by atoms with E-state index in [1.165, 1.54) is 6.92 Å². The molecule has 7 rings (SSSR count). The van der Waals surface area contributed by atoms with Crippen LogP contribution in [0.25, 0.3) is 0 Å². The monoisotopic (exact) mass is 1260 g/mol. The number of aliphatic hydroxyl groups is 19. The summed E-state index contributed by atoms with van der Waals surface area (Å²) < 4.78 is 75.1. The van der Waals surface area contributed by atoms with Crippen LogP contribution in [0.5, 0.6) is 0 Å². The Hall–Kier alpha value is -2.87. The van der Waals surface area contributed by atoms with Crippen LogP contribution in [-0.4, -0.2) is 369 Å². The lowest BCUT2D eigenvalue weighted by Crippen LogP contribution is -2.70. The Morgan fingerprint density at radius 2 is 0.698 bits per heavy atom. The molecule has 0 aromatic rings. The average Bonchev–Trinajstić information content (AvgIpc) is 2.12. The van der Waals surface area contributed by atoms with Gasteiger partial charge < -0.3 is 175 Å². The lowest BCUT2D eigenvalue weighted by molar-refractivity contribution is -0.384. The molecule has 7 heterocycles. The van der Waals surface area contributed by atoms with E-state index in [9.17, 15) is 111 Å². The molecule has 0 aliphatic carbocycles. The number of amides is 3. The maximum Gasteiger partial charge on any atom is 0.217 e. The normalized spacial score (nSPS) is 49.4. The second-order valence-electron chi connectivity index (χ2n) is 21.8. The number of hydrogen-bond donors (Lipinski definition) is 22. The van der Waals surface area contributed by atoms with Crippen LogP contribution >= 0.6 is 0 Å². The highest BCUT2D eigenvalue weighted by Crippen LogP contribution is 2.37. The fourth-order valence-corrected chi connectivity index (χ4v) is 11.0. The number of carbonyl (C=O) groups excluding carboxylic acids is 3. The van der Waals surface area contributed by atoms with Gasteiger partial charge in [-0.2, -0.15) is 0 Å². The van der Waals surface area contributed by atoms with Crippen LogP contribution in [0.4, 0.5) is 0 Å². The summed E-state index contributed by atoms with van der Waals surface area (Å²) >= 11 is 0. The third-order valence-electron chi connectivity index (χ3n) is 15.7. The predicted octanol–water partition coefficient (Wildman–Crippen LogP) is -14.8. The molecule has 0 saturated carbocycles. The number of rotatable bonds is 21. The van der Waals surface area contributed by atoms with Crippen molar-refractivity contribution in [2.24, 2.45) is 0 Å². The van der Waals surface area contributed by atoms with Crippen molar-refractivity contribution in [3.05, 3.63) is 0 Å². The summed E-state index contributed by atoms with van der Waals surface area (Å²) in [6, 6.07) is -5.24. The van der Waals surface area contributed by atoms with E-state index in [4.69, 9.17) is 61.6 Å². The van der Waals surface area contributed by atoms with Crippen molar-refractivity contribution in [1.82, 2.24) is 16.0 Å². The molecule has 38 nitrogen and oxygen atoms in total. The first-order chi connectivity index (χ1) is 40.6. The maximum atomic E-state index is 12.7. The Labute approximate surface area is 488 Å². The third-order valence-corrected chi connectivity index (χ3v) is 15.7. The molecule has 7 saturated heterocycles. The number of nitrogens with one attached hydrogen (secondary N) is 3. The summed E-state index contributed by atoms with van der Waals surface area (Å²) in [6.07, 6.45) is -59.9. The molecule has 7 aliphatic heterocycles. The molecule has 38 heteroatoms. The molecule has 498 valence electrons. The summed E-state index contributed by atoms with van der Waals surface area (Å²) in [7, 11) is 0. The van der Waals surface area contributed by atoms with Gasteiger partial charge in [0.15, 0.2) is 44.0 Å². The topological polar surface area (TPSA) is 592 Å². The van der Waals surface area contributed by atoms with Gasteiger partial charge in [-0.15, -0.1) is 0 Å². The van der Waals surface area contributed by atoms with Crippen LogP contribution in [0, 0.1) is 0 Å². The second kappa shape index (κ2) is 30.5. The Morgan fingerprint density at radius 3 is 1.22 bits per heavy atom. The van der Waals surface area contributed by atoms with Crippen LogP contribution in [0.3, 0.4) is 0 Å². The van der Waals surface area contributed by atoms with Gasteiger partial charge in [-0.1, -0.05) is 0 Å². The summed E-state index contributed by atoms with van der Waals surface area (Å²) in [5, 5.41) is 213. The van der Waals surface area contributed by atoms with E-state index < -0.39 is 272 Å². The van der Waals surface area contributed by atoms with E-state index in [2.05, 4.69) is 16.0 Å². The highest BCUT2D eigenvalue weighted by molar-refractivity contribution is 5.74. The van der Waals surface area contributed by atoms with Gasteiger partial charge in [-0.3, -0.25) is 14.4 Å². The molecule has 22 N–H and O–H groups in total. The summed E-state index contributed by atoms with van der Waals surface area (Å²) in [6.45, 7) is -1.45. The first-order valence-electron chi connectivity index (χ1n) is 27.5. The first kappa shape index (κ1) is 70.6. The van der Waals surface area contributed by atoms with Gasteiger partial charge >= 0.3 is 0 Å². The fourth-order valence-electron chi connectivity index (χ4n) is 11.0. The molecule has 0 radical (unpaired) electrons. The molecule has 7 fully saturated rings. The van der Waals surface area contributed by atoms with Gasteiger partial charge in [0.2, 0.25) is 17.7 Å². The molecule has 0 aromatic carbocycles. The molecule has 0 unspecified atom stereocenters.